The van der Waals surface area contributed by atoms with E-state index in [1.54, 1.807) is 0 Å². The molecule has 2 heterocycles. The second kappa shape index (κ2) is 10.4. The van der Waals surface area contributed by atoms with Gasteiger partial charge in [-0.25, -0.2) is 12.7 Å². The molecule has 8 heteroatoms. The Labute approximate surface area is 199 Å². The Balaban J connectivity index is 1.18. The molecule has 0 aliphatic carbocycles. The zero-order valence-electron chi connectivity index (χ0n) is 18.2. The third-order valence-corrected chi connectivity index (χ3v) is 8.75. The number of fused-ring (bicyclic) bond motifs is 1. The van der Waals surface area contributed by atoms with Crippen LogP contribution in [0.4, 0.5) is 5.69 Å². The number of benzene rings is 2. The molecule has 2 aliphatic rings. The summed E-state index contributed by atoms with van der Waals surface area (Å²) in [4.78, 5) is 15.0. The third-order valence-electron chi connectivity index (χ3n) is 6.37. The highest BCUT2D eigenvalue weighted by molar-refractivity contribution is 9.10. The highest BCUT2D eigenvalue weighted by atomic mass is 79.9. The summed E-state index contributed by atoms with van der Waals surface area (Å²) in [5.74, 6) is -0.0602. The zero-order valence-corrected chi connectivity index (χ0v) is 20.6. The van der Waals surface area contributed by atoms with Gasteiger partial charge < -0.3 is 10.2 Å². The molecule has 2 aromatic carbocycles. The maximum atomic E-state index is 12.7. The molecule has 4 rings (SSSR count). The minimum Gasteiger partial charge on any atom is -0.371 e. The average molecular weight is 520 g/mol. The Kier molecular flexibility index (Phi) is 7.53. The first-order chi connectivity index (χ1) is 15.4. The van der Waals surface area contributed by atoms with Gasteiger partial charge in [-0.3, -0.25) is 4.79 Å². The fraction of sp³-hybridized carbons (Fsp3) is 0.458. The molecule has 0 radical (unpaired) electrons. The van der Waals surface area contributed by atoms with Crippen LogP contribution in [0.3, 0.4) is 0 Å². The van der Waals surface area contributed by atoms with E-state index in [4.69, 9.17) is 0 Å². The molecule has 0 saturated carbocycles. The van der Waals surface area contributed by atoms with Gasteiger partial charge in [0.2, 0.25) is 15.9 Å². The minimum atomic E-state index is -3.37. The van der Waals surface area contributed by atoms with E-state index < -0.39 is 10.0 Å². The van der Waals surface area contributed by atoms with Gasteiger partial charge >= 0.3 is 0 Å². The summed E-state index contributed by atoms with van der Waals surface area (Å²) in [5, 5.41) is 3.06. The second-order valence-corrected chi connectivity index (χ2v) is 11.5. The maximum Gasteiger partial charge on any atom is 0.223 e. The molecule has 6 nitrogen and oxygen atoms in total. The fourth-order valence-electron chi connectivity index (χ4n) is 4.54. The molecule has 1 saturated heterocycles. The number of nitrogens with one attached hydrogen (secondary N) is 1. The molecule has 0 unspecified atom stereocenters. The fourth-order valence-corrected chi connectivity index (χ4v) is 6.37. The number of piperidine rings is 1. The number of hydrogen-bond donors (Lipinski definition) is 1. The van der Waals surface area contributed by atoms with Crippen LogP contribution >= 0.6 is 15.9 Å². The topological polar surface area (TPSA) is 69.7 Å². The monoisotopic (exact) mass is 519 g/mol. The van der Waals surface area contributed by atoms with Gasteiger partial charge in [-0.1, -0.05) is 46.3 Å². The minimum absolute atomic E-state index is 0.00320. The molecule has 0 spiro atoms. The molecule has 1 N–H and O–H groups in total. The van der Waals surface area contributed by atoms with Gasteiger partial charge in [0, 0.05) is 48.8 Å². The van der Waals surface area contributed by atoms with Gasteiger partial charge in [-0.15, -0.1) is 0 Å². The van der Waals surface area contributed by atoms with E-state index in [9.17, 15) is 13.2 Å². The summed E-state index contributed by atoms with van der Waals surface area (Å²) < 4.78 is 28.0. The number of amides is 1. The first-order valence-corrected chi connectivity index (χ1v) is 13.7. The van der Waals surface area contributed by atoms with Crippen LogP contribution in [0.1, 0.15) is 30.4 Å². The van der Waals surface area contributed by atoms with Gasteiger partial charge in [0.15, 0.2) is 0 Å². The number of sulfonamides is 1. The average Bonchev–Trinajstić information content (AvgIpc) is 3.21. The van der Waals surface area contributed by atoms with E-state index in [1.807, 2.05) is 24.3 Å². The van der Waals surface area contributed by atoms with Crippen molar-refractivity contribution in [1.82, 2.24) is 9.62 Å². The van der Waals surface area contributed by atoms with Crippen molar-refractivity contribution in [2.24, 2.45) is 5.92 Å². The number of para-hydroxylation sites is 1. The number of rotatable bonds is 8. The molecule has 0 atom stereocenters. The van der Waals surface area contributed by atoms with Crippen molar-refractivity contribution in [3.8, 4) is 0 Å². The Morgan fingerprint density at radius 2 is 1.75 bits per heavy atom. The lowest BCUT2D eigenvalue weighted by molar-refractivity contribution is -0.126. The molecule has 1 fully saturated rings. The second-order valence-electron chi connectivity index (χ2n) is 8.57. The first kappa shape index (κ1) is 23.3. The summed E-state index contributed by atoms with van der Waals surface area (Å²) in [6, 6.07) is 15.9. The Hall–Kier alpha value is -1.90. The summed E-state index contributed by atoms with van der Waals surface area (Å²) in [5.41, 5.74) is 3.49. The quantitative estimate of drug-likeness (QED) is 0.541. The van der Waals surface area contributed by atoms with Crippen LogP contribution in [0.2, 0.25) is 0 Å². The standard InChI is InChI=1S/C24H30BrN3O3S/c25-22-8-6-19(7-9-22)18-32(30,31)28-16-11-21(12-17-28)24(29)26-13-3-14-27-15-10-20-4-1-2-5-23(20)27/h1-2,4-9,21H,3,10-18H2,(H,26,29). The van der Waals surface area contributed by atoms with Crippen LogP contribution in [0, 0.1) is 5.92 Å². The van der Waals surface area contributed by atoms with Crippen molar-refractivity contribution in [2.45, 2.75) is 31.4 Å². The molecule has 172 valence electrons. The van der Waals surface area contributed by atoms with Crippen LogP contribution in [0.5, 0.6) is 0 Å². The normalized spacial score (nSPS) is 17.3. The van der Waals surface area contributed by atoms with Crippen molar-refractivity contribution >= 4 is 37.5 Å². The number of hydrogen-bond acceptors (Lipinski definition) is 4. The van der Waals surface area contributed by atoms with Crippen molar-refractivity contribution in [1.29, 1.82) is 0 Å². The highest BCUT2D eigenvalue weighted by Crippen LogP contribution is 2.27. The smallest absolute Gasteiger partial charge is 0.223 e. The van der Waals surface area contributed by atoms with E-state index in [0.29, 0.717) is 32.5 Å². The van der Waals surface area contributed by atoms with E-state index in [0.717, 1.165) is 36.0 Å². The summed E-state index contributed by atoms with van der Waals surface area (Å²) in [6.45, 7) is 3.44. The van der Waals surface area contributed by atoms with Crippen molar-refractivity contribution in [3.05, 3.63) is 64.1 Å². The summed E-state index contributed by atoms with van der Waals surface area (Å²) in [7, 11) is -3.37. The summed E-state index contributed by atoms with van der Waals surface area (Å²) in [6.07, 6.45) is 3.14. The molecule has 1 amide bonds. The van der Waals surface area contributed by atoms with E-state index >= 15 is 0 Å². The van der Waals surface area contributed by atoms with Gasteiger partial charge in [0.25, 0.3) is 0 Å². The predicted molar refractivity (Wildman–Crippen MR) is 131 cm³/mol. The lowest BCUT2D eigenvalue weighted by Crippen LogP contribution is -2.43. The lowest BCUT2D eigenvalue weighted by atomic mass is 9.97. The SMILES string of the molecule is O=C(NCCCN1CCc2ccccc21)C1CCN(S(=O)(=O)Cc2ccc(Br)cc2)CC1. The van der Waals surface area contributed by atoms with E-state index in [-0.39, 0.29) is 17.6 Å². The van der Waals surface area contributed by atoms with Crippen molar-refractivity contribution < 1.29 is 13.2 Å². The van der Waals surface area contributed by atoms with Crippen LogP contribution in [0.25, 0.3) is 0 Å². The van der Waals surface area contributed by atoms with Crippen molar-refractivity contribution in [2.75, 3.05) is 37.6 Å². The Morgan fingerprint density at radius 3 is 2.50 bits per heavy atom. The third kappa shape index (κ3) is 5.71. The van der Waals surface area contributed by atoms with Gasteiger partial charge in [0.1, 0.15) is 0 Å². The molecular weight excluding hydrogens is 490 g/mol. The van der Waals surface area contributed by atoms with Gasteiger partial charge in [-0.2, -0.15) is 0 Å². The highest BCUT2D eigenvalue weighted by Gasteiger charge is 2.31. The molecule has 2 aromatic rings. The number of anilines is 1. The van der Waals surface area contributed by atoms with E-state index in [1.165, 1.54) is 15.6 Å². The number of carbonyl (C=O) groups is 1. The lowest BCUT2D eigenvalue weighted by Gasteiger charge is -2.30. The molecule has 0 aromatic heterocycles. The molecular formula is C24H30BrN3O3S. The molecule has 2 aliphatic heterocycles. The van der Waals surface area contributed by atoms with Crippen molar-refractivity contribution in [3.63, 3.8) is 0 Å². The van der Waals surface area contributed by atoms with Gasteiger partial charge in [0.05, 0.1) is 5.75 Å². The Morgan fingerprint density at radius 1 is 1.03 bits per heavy atom. The van der Waals surface area contributed by atoms with E-state index in [2.05, 4.69) is 50.4 Å². The number of carbonyl (C=O) groups excluding carboxylic acids is 1. The van der Waals surface area contributed by atoms with Crippen LogP contribution in [-0.4, -0.2) is 51.4 Å². The summed E-state index contributed by atoms with van der Waals surface area (Å²) >= 11 is 3.37. The first-order valence-electron chi connectivity index (χ1n) is 11.3. The van der Waals surface area contributed by atoms with Gasteiger partial charge in [-0.05, 0) is 55.0 Å². The van der Waals surface area contributed by atoms with Crippen LogP contribution in [-0.2, 0) is 27.0 Å². The molecule has 32 heavy (non-hydrogen) atoms. The largest absolute Gasteiger partial charge is 0.371 e. The van der Waals surface area contributed by atoms with Crippen LogP contribution < -0.4 is 10.2 Å². The zero-order chi connectivity index (χ0) is 22.6. The number of nitrogens with zero attached hydrogens (tertiary/aromatic N) is 2. The molecule has 0 bridgehead atoms. The number of halogens is 1. The Bertz CT molecular complexity index is 1030. The van der Waals surface area contributed by atoms with Crippen LogP contribution in [0.15, 0.2) is 53.0 Å². The predicted octanol–water partition coefficient (Wildman–Crippen LogP) is 3.56. The maximum absolute atomic E-state index is 12.7.